The van der Waals surface area contributed by atoms with Gasteiger partial charge in [-0.25, -0.2) is 0 Å². The molecule has 6 nitrogen and oxygen atoms in total. The molecule has 0 fully saturated rings. The van der Waals surface area contributed by atoms with Crippen LogP contribution in [0.3, 0.4) is 0 Å². The molecule has 0 amide bonds. The van der Waals surface area contributed by atoms with E-state index in [-0.39, 0.29) is 6.61 Å². The van der Waals surface area contributed by atoms with Crippen LogP contribution in [0.25, 0.3) is 0 Å². The van der Waals surface area contributed by atoms with Gasteiger partial charge in [-0.2, -0.15) is 0 Å². The highest BCUT2D eigenvalue weighted by atomic mass is 16.6. The van der Waals surface area contributed by atoms with Crippen molar-refractivity contribution in [3.05, 3.63) is 35.9 Å². The van der Waals surface area contributed by atoms with Gasteiger partial charge in [-0.1, -0.05) is 30.3 Å². The molecule has 0 aliphatic rings. The lowest BCUT2D eigenvalue weighted by Gasteiger charge is -2.08. The number of benzene rings is 1. The van der Waals surface area contributed by atoms with Crippen LogP contribution in [0.15, 0.2) is 30.3 Å². The SMILES string of the molecule is OCCCCCOCCOCCOCCOCCOCc1ccccc1. The van der Waals surface area contributed by atoms with Crippen LogP contribution in [0, 0.1) is 0 Å². The number of unbranched alkanes of at least 4 members (excludes halogenated alkanes) is 2. The van der Waals surface area contributed by atoms with Crippen LogP contribution < -0.4 is 0 Å². The van der Waals surface area contributed by atoms with E-state index >= 15 is 0 Å². The van der Waals surface area contributed by atoms with E-state index in [9.17, 15) is 0 Å². The summed E-state index contributed by atoms with van der Waals surface area (Å²) in [7, 11) is 0. The van der Waals surface area contributed by atoms with Gasteiger partial charge in [-0.05, 0) is 24.8 Å². The van der Waals surface area contributed by atoms with E-state index in [4.69, 9.17) is 28.8 Å². The van der Waals surface area contributed by atoms with Crippen molar-refractivity contribution in [2.24, 2.45) is 0 Å². The highest BCUT2D eigenvalue weighted by molar-refractivity contribution is 5.13. The first kappa shape index (κ1) is 23.0. The second-order valence-electron chi connectivity index (χ2n) is 5.77. The van der Waals surface area contributed by atoms with Gasteiger partial charge >= 0.3 is 0 Å². The summed E-state index contributed by atoms with van der Waals surface area (Å²) in [6.07, 6.45) is 2.84. The lowest BCUT2D eigenvalue weighted by molar-refractivity contribution is -0.0126. The molecule has 0 radical (unpaired) electrons. The minimum Gasteiger partial charge on any atom is -0.396 e. The molecule has 26 heavy (non-hydrogen) atoms. The molecule has 1 aromatic carbocycles. The normalized spacial score (nSPS) is 11.1. The molecular formula is C20H34O6. The third kappa shape index (κ3) is 15.3. The van der Waals surface area contributed by atoms with Gasteiger partial charge in [0, 0.05) is 13.2 Å². The predicted octanol–water partition coefficient (Wildman–Crippen LogP) is 2.43. The van der Waals surface area contributed by atoms with Crippen LogP contribution in [0.2, 0.25) is 0 Å². The highest BCUT2D eigenvalue weighted by Gasteiger charge is 1.95. The van der Waals surface area contributed by atoms with E-state index in [1.165, 1.54) is 5.56 Å². The summed E-state index contributed by atoms with van der Waals surface area (Å²) in [6.45, 7) is 6.19. The van der Waals surface area contributed by atoms with Crippen LogP contribution in [0.4, 0.5) is 0 Å². The van der Waals surface area contributed by atoms with Gasteiger partial charge < -0.3 is 28.8 Å². The predicted molar refractivity (Wildman–Crippen MR) is 100 cm³/mol. The third-order valence-electron chi connectivity index (χ3n) is 3.55. The molecule has 0 unspecified atom stereocenters. The molecule has 0 spiro atoms. The van der Waals surface area contributed by atoms with E-state index in [1.54, 1.807) is 0 Å². The van der Waals surface area contributed by atoms with E-state index in [2.05, 4.69) is 0 Å². The van der Waals surface area contributed by atoms with E-state index in [0.717, 1.165) is 25.9 Å². The molecule has 1 aromatic rings. The minimum atomic E-state index is 0.260. The molecule has 0 saturated heterocycles. The molecule has 0 atom stereocenters. The Bertz CT molecular complexity index is 387. The maximum atomic E-state index is 8.65. The lowest BCUT2D eigenvalue weighted by atomic mass is 10.2. The highest BCUT2D eigenvalue weighted by Crippen LogP contribution is 2.00. The molecule has 0 heterocycles. The zero-order valence-electron chi connectivity index (χ0n) is 15.8. The average Bonchev–Trinajstić information content (AvgIpc) is 2.68. The van der Waals surface area contributed by atoms with Crippen molar-refractivity contribution in [3.8, 4) is 0 Å². The minimum absolute atomic E-state index is 0.260. The second-order valence-corrected chi connectivity index (χ2v) is 5.77. The number of hydrogen-bond acceptors (Lipinski definition) is 6. The van der Waals surface area contributed by atoms with Crippen molar-refractivity contribution in [1.82, 2.24) is 0 Å². The van der Waals surface area contributed by atoms with Gasteiger partial charge in [-0.3, -0.25) is 0 Å². The Balaban J connectivity index is 1.68. The Morgan fingerprint density at radius 3 is 1.58 bits per heavy atom. The number of rotatable bonds is 19. The third-order valence-corrected chi connectivity index (χ3v) is 3.55. The summed E-state index contributed by atoms with van der Waals surface area (Å²) in [4.78, 5) is 0. The number of aliphatic hydroxyl groups excluding tert-OH is 1. The van der Waals surface area contributed by atoms with E-state index in [0.29, 0.717) is 59.5 Å². The topological polar surface area (TPSA) is 66.4 Å². The van der Waals surface area contributed by atoms with Crippen LogP contribution in [-0.4, -0.2) is 71.2 Å². The summed E-state index contributed by atoms with van der Waals surface area (Å²) in [6, 6.07) is 10.1. The second kappa shape index (κ2) is 18.8. The van der Waals surface area contributed by atoms with Crippen molar-refractivity contribution in [1.29, 1.82) is 0 Å². The van der Waals surface area contributed by atoms with Crippen LogP contribution in [-0.2, 0) is 30.3 Å². The standard InChI is InChI=1S/C20H34O6/c21-9-5-2-6-10-22-11-12-23-13-14-24-15-16-25-17-18-26-19-20-7-3-1-4-8-20/h1,3-4,7-8,21H,2,5-6,9-19H2. The summed E-state index contributed by atoms with van der Waals surface area (Å²) in [5.41, 5.74) is 1.17. The molecule has 0 aromatic heterocycles. The fraction of sp³-hybridized carbons (Fsp3) is 0.700. The molecule has 0 aliphatic carbocycles. The number of hydrogen-bond donors (Lipinski definition) is 1. The smallest absolute Gasteiger partial charge is 0.0718 e. The summed E-state index contributed by atoms with van der Waals surface area (Å²) in [5, 5.41) is 8.65. The molecule has 0 aliphatic heterocycles. The Labute approximate surface area is 157 Å². The fourth-order valence-corrected chi connectivity index (χ4v) is 2.14. The van der Waals surface area contributed by atoms with Gasteiger partial charge in [-0.15, -0.1) is 0 Å². The van der Waals surface area contributed by atoms with Crippen LogP contribution >= 0.6 is 0 Å². The number of ether oxygens (including phenoxy) is 5. The Morgan fingerprint density at radius 2 is 1.04 bits per heavy atom. The molecule has 0 bridgehead atoms. The molecule has 1 N–H and O–H groups in total. The van der Waals surface area contributed by atoms with Crippen LogP contribution in [0.1, 0.15) is 24.8 Å². The zero-order chi connectivity index (χ0) is 18.5. The maximum Gasteiger partial charge on any atom is 0.0718 e. The van der Waals surface area contributed by atoms with Gasteiger partial charge in [0.15, 0.2) is 0 Å². The molecule has 1 rings (SSSR count). The maximum absolute atomic E-state index is 8.65. The fourth-order valence-electron chi connectivity index (χ4n) is 2.14. The van der Waals surface area contributed by atoms with Crippen molar-refractivity contribution >= 4 is 0 Å². The summed E-state index contributed by atoms with van der Waals surface area (Å²) in [5.74, 6) is 0. The van der Waals surface area contributed by atoms with E-state index in [1.807, 2.05) is 30.3 Å². The van der Waals surface area contributed by atoms with Gasteiger partial charge in [0.1, 0.15) is 0 Å². The Morgan fingerprint density at radius 1 is 0.538 bits per heavy atom. The first-order valence-electron chi connectivity index (χ1n) is 9.47. The van der Waals surface area contributed by atoms with Crippen molar-refractivity contribution in [3.63, 3.8) is 0 Å². The first-order valence-corrected chi connectivity index (χ1v) is 9.47. The van der Waals surface area contributed by atoms with Crippen LogP contribution in [0.5, 0.6) is 0 Å². The van der Waals surface area contributed by atoms with Gasteiger partial charge in [0.2, 0.25) is 0 Å². The molecule has 6 heteroatoms. The summed E-state index contributed by atoms with van der Waals surface area (Å²) >= 11 is 0. The van der Waals surface area contributed by atoms with E-state index < -0.39 is 0 Å². The Kier molecular flexibility index (Phi) is 16.6. The first-order chi connectivity index (χ1) is 12.9. The monoisotopic (exact) mass is 370 g/mol. The van der Waals surface area contributed by atoms with Crippen molar-refractivity contribution in [2.45, 2.75) is 25.9 Å². The summed E-state index contributed by atoms with van der Waals surface area (Å²) < 4.78 is 27.2. The number of aliphatic hydroxyl groups is 1. The Hall–Kier alpha value is -1.02. The van der Waals surface area contributed by atoms with Crippen molar-refractivity contribution in [2.75, 3.05) is 66.1 Å². The molecular weight excluding hydrogens is 336 g/mol. The van der Waals surface area contributed by atoms with Gasteiger partial charge in [0.05, 0.1) is 59.5 Å². The molecule has 150 valence electrons. The van der Waals surface area contributed by atoms with Crippen molar-refractivity contribution < 1.29 is 28.8 Å². The largest absolute Gasteiger partial charge is 0.396 e. The lowest BCUT2D eigenvalue weighted by Crippen LogP contribution is -2.13. The zero-order valence-corrected chi connectivity index (χ0v) is 15.8. The quantitative estimate of drug-likeness (QED) is 0.377. The van der Waals surface area contributed by atoms with Gasteiger partial charge in [0.25, 0.3) is 0 Å². The average molecular weight is 370 g/mol. The molecule has 0 saturated carbocycles.